The van der Waals surface area contributed by atoms with Gasteiger partial charge in [0, 0.05) is 17.1 Å². The Balaban J connectivity index is 0. The predicted octanol–water partition coefficient (Wildman–Crippen LogP) is 4.92. The van der Waals surface area contributed by atoms with Gasteiger partial charge in [-0.05, 0) is 0 Å². The van der Waals surface area contributed by atoms with E-state index < -0.39 is 0 Å². The molecule has 0 spiro atoms. The van der Waals surface area contributed by atoms with Crippen molar-refractivity contribution in [3.8, 4) is 0 Å². The average molecular weight is 226 g/mol. The van der Waals surface area contributed by atoms with E-state index in [1.807, 2.05) is 0 Å². The molecular formula is C12H26Fe. The van der Waals surface area contributed by atoms with Gasteiger partial charge in [-0.2, -0.15) is 0 Å². The SMILES string of the molecule is CCCCCCCCCCCC.[Fe]. The van der Waals surface area contributed by atoms with Gasteiger partial charge in [-0.3, -0.25) is 0 Å². The van der Waals surface area contributed by atoms with E-state index in [0.29, 0.717) is 0 Å². The molecule has 0 aliphatic rings. The fourth-order valence-corrected chi connectivity index (χ4v) is 1.56. The number of rotatable bonds is 9. The smallest absolute Gasteiger partial charge is 0 e. The van der Waals surface area contributed by atoms with Crippen LogP contribution < -0.4 is 0 Å². The van der Waals surface area contributed by atoms with Crippen molar-refractivity contribution < 1.29 is 17.1 Å². The molecule has 0 aliphatic heterocycles. The van der Waals surface area contributed by atoms with E-state index in [1.54, 1.807) is 0 Å². The Kier molecular flexibility index (Phi) is 18.4. The number of unbranched alkanes of at least 4 members (excludes halogenated alkanes) is 9. The van der Waals surface area contributed by atoms with Crippen LogP contribution in [-0.4, -0.2) is 0 Å². The van der Waals surface area contributed by atoms with Gasteiger partial charge in [0.05, 0.1) is 0 Å². The molecule has 0 fully saturated rings. The summed E-state index contributed by atoms with van der Waals surface area (Å²) in [5, 5.41) is 0. The zero-order valence-electron chi connectivity index (χ0n) is 9.42. The van der Waals surface area contributed by atoms with Gasteiger partial charge in [0.15, 0.2) is 0 Å². The van der Waals surface area contributed by atoms with Crippen molar-refractivity contribution in [3.63, 3.8) is 0 Å². The maximum Gasteiger partial charge on any atom is 0 e. The molecule has 0 aromatic heterocycles. The van der Waals surface area contributed by atoms with Crippen molar-refractivity contribution in [2.24, 2.45) is 0 Å². The summed E-state index contributed by atoms with van der Waals surface area (Å²) in [5.41, 5.74) is 0. The molecule has 0 radical (unpaired) electrons. The molecule has 0 saturated heterocycles. The van der Waals surface area contributed by atoms with Gasteiger partial charge >= 0.3 is 0 Å². The Hall–Kier alpha value is 0.519. The second-order valence-electron chi connectivity index (χ2n) is 3.83. The van der Waals surface area contributed by atoms with Crippen LogP contribution in [0.15, 0.2) is 0 Å². The van der Waals surface area contributed by atoms with Crippen LogP contribution in [0, 0.1) is 0 Å². The summed E-state index contributed by atoms with van der Waals surface area (Å²) in [6.07, 6.45) is 14.4. The van der Waals surface area contributed by atoms with E-state index in [-0.39, 0.29) is 17.1 Å². The van der Waals surface area contributed by atoms with Gasteiger partial charge in [0.1, 0.15) is 0 Å². The van der Waals surface area contributed by atoms with E-state index in [9.17, 15) is 0 Å². The minimum Gasteiger partial charge on any atom is -0.0654 e. The molecule has 13 heavy (non-hydrogen) atoms. The fraction of sp³-hybridized carbons (Fsp3) is 1.00. The first-order valence-corrected chi connectivity index (χ1v) is 5.91. The minimum absolute atomic E-state index is 0. The monoisotopic (exact) mass is 226 g/mol. The van der Waals surface area contributed by atoms with Crippen LogP contribution in [-0.2, 0) is 17.1 Å². The average Bonchev–Trinajstić information content (AvgIpc) is 2.10. The van der Waals surface area contributed by atoms with Crippen molar-refractivity contribution in [1.29, 1.82) is 0 Å². The summed E-state index contributed by atoms with van der Waals surface area (Å²) in [6, 6.07) is 0. The van der Waals surface area contributed by atoms with Crippen LogP contribution in [0.25, 0.3) is 0 Å². The normalized spacial score (nSPS) is 9.69. The molecule has 0 N–H and O–H groups in total. The molecule has 0 bridgehead atoms. The Labute approximate surface area is 95.3 Å². The Morgan fingerprint density at radius 1 is 0.462 bits per heavy atom. The molecule has 0 heterocycles. The van der Waals surface area contributed by atoms with E-state index in [0.717, 1.165) is 0 Å². The molecule has 0 atom stereocenters. The van der Waals surface area contributed by atoms with Crippen LogP contribution in [0.1, 0.15) is 78.1 Å². The third-order valence-corrected chi connectivity index (χ3v) is 2.46. The van der Waals surface area contributed by atoms with E-state index in [4.69, 9.17) is 0 Å². The van der Waals surface area contributed by atoms with Crippen LogP contribution in [0.3, 0.4) is 0 Å². The van der Waals surface area contributed by atoms with Gasteiger partial charge < -0.3 is 0 Å². The van der Waals surface area contributed by atoms with Crippen LogP contribution in [0.2, 0.25) is 0 Å². The maximum atomic E-state index is 2.28. The summed E-state index contributed by atoms with van der Waals surface area (Å²) in [5.74, 6) is 0. The molecule has 0 rings (SSSR count). The summed E-state index contributed by atoms with van der Waals surface area (Å²) >= 11 is 0. The van der Waals surface area contributed by atoms with Crippen molar-refractivity contribution in [1.82, 2.24) is 0 Å². The molecule has 0 amide bonds. The van der Waals surface area contributed by atoms with E-state index >= 15 is 0 Å². The van der Waals surface area contributed by atoms with Gasteiger partial charge in [-0.1, -0.05) is 78.1 Å². The molecule has 1 heteroatoms. The van der Waals surface area contributed by atoms with Gasteiger partial charge in [0.2, 0.25) is 0 Å². The Bertz CT molecular complexity index is 61.5. The summed E-state index contributed by atoms with van der Waals surface area (Å²) in [6.45, 7) is 4.56. The zero-order valence-corrected chi connectivity index (χ0v) is 10.5. The number of hydrogen-bond donors (Lipinski definition) is 0. The molecule has 0 unspecified atom stereocenters. The molecule has 0 aromatic carbocycles. The van der Waals surface area contributed by atoms with E-state index in [2.05, 4.69) is 13.8 Å². The van der Waals surface area contributed by atoms with Gasteiger partial charge in [-0.25, -0.2) is 0 Å². The Morgan fingerprint density at radius 2 is 0.692 bits per heavy atom. The first kappa shape index (κ1) is 16.0. The number of hydrogen-bond acceptors (Lipinski definition) is 0. The zero-order chi connectivity index (χ0) is 9.07. The van der Waals surface area contributed by atoms with Gasteiger partial charge in [0.25, 0.3) is 0 Å². The van der Waals surface area contributed by atoms with E-state index in [1.165, 1.54) is 64.2 Å². The minimum atomic E-state index is 0. The molecular weight excluding hydrogens is 200 g/mol. The molecule has 0 nitrogen and oxygen atoms in total. The third-order valence-electron chi connectivity index (χ3n) is 2.46. The second-order valence-corrected chi connectivity index (χ2v) is 3.83. The maximum absolute atomic E-state index is 2.28. The molecule has 82 valence electrons. The predicted molar refractivity (Wildman–Crippen MR) is 57.5 cm³/mol. The van der Waals surface area contributed by atoms with Crippen LogP contribution in [0.4, 0.5) is 0 Å². The molecule has 0 aromatic rings. The first-order chi connectivity index (χ1) is 5.91. The summed E-state index contributed by atoms with van der Waals surface area (Å²) in [7, 11) is 0. The summed E-state index contributed by atoms with van der Waals surface area (Å²) < 4.78 is 0. The molecule has 0 aliphatic carbocycles. The summed E-state index contributed by atoms with van der Waals surface area (Å²) in [4.78, 5) is 0. The van der Waals surface area contributed by atoms with Crippen LogP contribution in [0.5, 0.6) is 0 Å². The van der Waals surface area contributed by atoms with Crippen molar-refractivity contribution in [3.05, 3.63) is 0 Å². The quantitative estimate of drug-likeness (QED) is 0.386. The topological polar surface area (TPSA) is 0 Å². The van der Waals surface area contributed by atoms with Crippen molar-refractivity contribution in [2.45, 2.75) is 78.1 Å². The second kappa shape index (κ2) is 15.0. The standard InChI is InChI=1S/C12H26.Fe/c1-3-5-7-9-11-12-10-8-6-4-2;/h3-12H2,1-2H3;. The van der Waals surface area contributed by atoms with Gasteiger partial charge in [-0.15, -0.1) is 0 Å². The first-order valence-electron chi connectivity index (χ1n) is 5.91. The van der Waals surface area contributed by atoms with Crippen molar-refractivity contribution >= 4 is 0 Å². The third kappa shape index (κ3) is 15.3. The largest absolute Gasteiger partial charge is 0.0654 e. The fourth-order valence-electron chi connectivity index (χ4n) is 1.56. The van der Waals surface area contributed by atoms with Crippen molar-refractivity contribution in [2.75, 3.05) is 0 Å². The molecule has 0 saturated carbocycles. The van der Waals surface area contributed by atoms with Crippen LogP contribution >= 0.6 is 0 Å². The Morgan fingerprint density at radius 3 is 0.923 bits per heavy atom.